The van der Waals surface area contributed by atoms with Gasteiger partial charge in [-0.2, -0.15) is 0 Å². The fourth-order valence-electron chi connectivity index (χ4n) is 1.00. The highest BCUT2D eigenvalue weighted by atomic mass is 14.8. The normalized spacial score (nSPS) is 16.9. The van der Waals surface area contributed by atoms with E-state index in [4.69, 9.17) is 5.73 Å². The van der Waals surface area contributed by atoms with E-state index in [2.05, 4.69) is 11.4 Å². The second kappa shape index (κ2) is 7.44. The van der Waals surface area contributed by atoms with Crippen LogP contribution in [-0.2, 0) is 0 Å². The molecule has 0 spiro atoms. The summed E-state index contributed by atoms with van der Waals surface area (Å²) in [6.07, 6.45) is 22.5. The van der Waals surface area contributed by atoms with Crippen LogP contribution in [0.15, 0.2) is 72.8 Å². The molecule has 0 radical (unpaired) electrons. The van der Waals surface area contributed by atoms with Gasteiger partial charge >= 0.3 is 0 Å². The summed E-state index contributed by atoms with van der Waals surface area (Å²) >= 11 is 0. The molecule has 2 nitrogen and oxygen atoms in total. The van der Waals surface area contributed by atoms with Gasteiger partial charge in [-0.1, -0.05) is 30.4 Å². The lowest BCUT2D eigenvalue weighted by Gasteiger charge is -1.82. The van der Waals surface area contributed by atoms with Crippen molar-refractivity contribution in [3.05, 3.63) is 72.8 Å². The highest BCUT2D eigenvalue weighted by molar-refractivity contribution is 5.24. The average molecular weight is 200 g/mol. The van der Waals surface area contributed by atoms with Crippen molar-refractivity contribution < 1.29 is 0 Å². The molecule has 0 unspecified atom stereocenters. The van der Waals surface area contributed by atoms with Crippen molar-refractivity contribution in [1.29, 1.82) is 0 Å². The molecule has 0 aromatic rings. The second-order valence-corrected chi connectivity index (χ2v) is 3.00. The molecular formula is C13H16N2. The minimum Gasteiger partial charge on any atom is -0.399 e. The summed E-state index contributed by atoms with van der Waals surface area (Å²) in [5.74, 6) is 0. The lowest BCUT2D eigenvalue weighted by Crippen LogP contribution is -1.89. The minimum atomic E-state index is 0.832. The predicted octanol–water partition coefficient (Wildman–Crippen LogP) is 2.52. The van der Waals surface area contributed by atoms with Crippen molar-refractivity contribution in [2.24, 2.45) is 5.73 Å². The summed E-state index contributed by atoms with van der Waals surface area (Å²) in [7, 11) is 0. The first-order valence-corrected chi connectivity index (χ1v) is 4.93. The molecule has 15 heavy (non-hydrogen) atoms. The van der Waals surface area contributed by atoms with E-state index in [0.29, 0.717) is 0 Å². The summed E-state index contributed by atoms with van der Waals surface area (Å²) in [6, 6.07) is 0. The van der Waals surface area contributed by atoms with E-state index < -0.39 is 0 Å². The summed E-state index contributed by atoms with van der Waals surface area (Å²) < 4.78 is 0. The van der Waals surface area contributed by atoms with Crippen molar-refractivity contribution in [3.8, 4) is 0 Å². The molecule has 0 atom stereocenters. The van der Waals surface area contributed by atoms with Gasteiger partial charge in [0.15, 0.2) is 0 Å². The van der Waals surface area contributed by atoms with Crippen LogP contribution in [0.2, 0.25) is 0 Å². The molecule has 0 amide bonds. The fourth-order valence-corrected chi connectivity index (χ4v) is 1.00. The zero-order chi connectivity index (χ0) is 10.8. The lowest BCUT2D eigenvalue weighted by molar-refractivity contribution is 1.20. The van der Waals surface area contributed by atoms with E-state index in [9.17, 15) is 0 Å². The Morgan fingerprint density at radius 2 is 1.67 bits per heavy atom. The molecule has 1 aliphatic carbocycles. The van der Waals surface area contributed by atoms with Crippen LogP contribution in [0.5, 0.6) is 0 Å². The third-order valence-electron chi connectivity index (χ3n) is 1.73. The fraction of sp³-hybridized carbons (Fsp3) is 0.0769. The third kappa shape index (κ3) is 6.16. The van der Waals surface area contributed by atoms with E-state index in [0.717, 1.165) is 12.1 Å². The molecule has 2 aliphatic rings. The summed E-state index contributed by atoms with van der Waals surface area (Å²) in [5.41, 5.74) is 6.29. The molecule has 0 aromatic carbocycles. The molecule has 2 rings (SSSR count). The van der Waals surface area contributed by atoms with Crippen molar-refractivity contribution in [1.82, 2.24) is 5.32 Å². The third-order valence-corrected chi connectivity index (χ3v) is 1.73. The minimum absolute atomic E-state index is 0.832. The van der Waals surface area contributed by atoms with Gasteiger partial charge in [0.2, 0.25) is 0 Å². The molecule has 1 aliphatic heterocycles. The first-order valence-electron chi connectivity index (χ1n) is 4.93. The maximum absolute atomic E-state index is 5.46. The van der Waals surface area contributed by atoms with Crippen LogP contribution in [0.1, 0.15) is 6.42 Å². The van der Waals surface area contributed by atoms with Gasteiger partial charge in [0.25, 0.3) is 0 Å². The highest BCUT2D eigenvalue weighted by Crippen LogP contribution is 1.97. The van der Waals surface area contributed by atoms with Gasteiger partial charge < -0.3 is 11.1 Å². The average Bonchev–Trinajstić information content (AvgIpc) is 2.64. The first-order chi connectivity index (χ1) is 7.39. The van der Waals surface area contributed by atoms with Gasteiger partial charge in [-0.3, -0.25) is 0 Å². The zero-order valence-electron chi connectivity index (χ0n) is 8.64. The van der Waals surface area contributed by atoms with Crippen LogP contribution in [0, 0.1) is 0 Å². The Kier molecular flexibility index (Phi) is 5.52. The Balaban J connectivity index is 0.000000151. The van der Waals surface area contributed by atoms with Crippen molar-refractivity contribution >= 4 is 0 Å². The summed E-state index contributed by atoms with van der Waals surface area (Å²) in [6.45, 7) is 0. The zero-order valence-corrected chi connectivity index (χ0v) is 8.64. The molecule has 78 valence electrons. The Labute approximate surface area is 90.9 Å². The molecule has 3 N–H and O–H groups in total. The number of nitrogens with one attached hydrogen (secondary N) is 1. The molecule has 0 fully saturated rings. The van der Waals surface area contributed by atoms with Crippen molar-refractivity contribution in [2.45, 2.75) is 6.42 Å². The van der Waals surface area contributed by atoms with Gasteiger partial charge in [-0.05, 0) is 30.7 Å². The smallest absolute Gasteiger partial charge is 0.0310 e. The van der Waals surface area contributed by atoms with E-state index >= 15 is 0 Å². The number of rotatable bonds is 0. The van der Waals surface area contributed by atoms with E-state index in [-0.39, 0.29) is 0 Å². The van der Waals surface area contributed by atoms with Gasteiger partial charge in [-0.25, -0.2) is 0 Å². The van der Waals surface area contributed by atoms with E-state index in [1.165, 1.54) is 0 Å². The van der Waals surface area contributed by atoms with Gasteiger partial charge in [0, 0.05) is 18.1 Å². The topological polar surface area (TPSA) is 38.0 Å². The van der Waals surface area contributed by atoms with Crippen LogP contribution in [0.25, 0.3) is 0 Å². The summed E-state index contributed by atoms with van der Waals surface area (Å²) in [4.78, 5) is 0. The van der Waals surface area contributed by atoms with Gasteiger partial charge in [-0.15, -0.1) is 0 Å². The molecule has 0 bridgehead atoms. The molecular weight excluding hydrogens is 184 g/mol. The van der Waals surface area contributed by atoms with Crippen LogP contribution < -0.4 is 11.1 Å². The second-order valence-electron chi connectivity index (χ2n) is 3.00. The predicted molar refractivity (Wildman–Crippen MR) is 65.7 cm³/mol. The van der Waals surface area contributed by atoms with Crippen LogP contribution >= 0.6 is 0 Å². The van der Waals surface area contributed by atoms with Crippen molar-refractivity contribution in [2.75, 3.05) is 0 Å². The standard InChI is InChI=1S/C7H9N.C6H7N/c8-7-5-3-1-2-4-6-7;1-2-4-6-7-5-3-1/h1,3-6H,2,8H2;1-7H. The van der Waals surface area contributed by atoms with E-state index in [1.54, 1.807) is 0 Å². The largest absolute Gasteiger partial charge is 0.399 e. The van der Waals surface area contributed by atoms with Crippen LogP contribution in [-0.4, -0.2) is 0 Å². The van der Waals surface area contributed by atoms with Gasteiger partial charge in [0.05, 0.1) is 0 Å². The molecule has 2 heteroatoms. The maximum Gasteiger partial charge on any atom is 0.0310 e. The Morgan fingerprint density at radius 1 is 0.933 bits per heavy atom. The SMILES string of the molecule is C1=CC=CNC=C1.NC1=CC=CCC=C1. The monoisotopic (exact) mass is 200 g/mol. The number of allylic oxidation sites excluding steroid dienone is 9. The summed E-state index contributed by atoms with van der Waals surface area (Å²) in [5, 5.41) is 2.92. The Bertz CT molecular complexity index is 328. The molecule has 0 aromatic heterocycles. The Morgan fingerprint density at radius 3 is 2.40 bits per heavy atom. The molecule has 1 heterocycles. The quantitative estimate of drug-likeness (QED) is 0.630. The first kappa shape index (κ1) is 11.1. The number of hydrogen-bond donors (Lipinski definition) is 2. The number of nitrogens with two attached hydrogens (primary N) is 1. The van der Waals surface area contributed by atoms with Crippen LogP contribution in [0.3, 0.4) is 0 Å². The molecule has 0 saturated heterocycles. The lowest BCUT2D eigenvalue weighted by atomic mass is 10.4. The number of hydrogen-bond acceptors (Lipinski definition) is 2. The van der Waals surface area contributed by atoms with Crippen LogP contribution in [0.4, 0.5) is 0 Å². The van der Waals surface area contributed by atoms with E-state index in [1.807, 2.05) is 61.0 Å². The highest BCUT2D eigenvalue weighted by Gasteiger charge is 1.80. The van der Waals surface area contributed by atoms with Crippen molar-refractivity contribution in [3.63, 3.8) is 0 Å². The molecule has 0 saturated carbocycles. The maximum atomic E-state index is 5.46. The van der Waals surface area contributed by atoms with Gasteiger partial charge in [0.1, 0.15) is 0 Å². The Hall–Kier alpha value is -1.96.